The topological polar surface area (TPSA) is 51.6 Å². The van der Waals surface area contributed by atoms with Crippen LogP contribution in [-0.4, -0.2) is 25.2 Å². The van der Waals surface area contributed by atoms with Crippen LogP contribution in [0.4, 0.5) is 6.01 Å². The quantitative estimate of drug-likeness (QED) is 0.695. The van der Waals surface area contributed by atoms with Crippen LogP contribution < -0.4 is 4.90 Å². The molecular weight excluding hydrogens is 268 g/mol. The summed E-state index contributed by atoms with van der Waals surface area (Å²) in [6.45, 7) is 3.81. The highest BCUT2D eigenvalue weighted by atomic mass is 16.5. The normalized spacial score (nSPS) is 11.1. The maximum Gasteiger partial charge on any atom is 0.298 e. The van der Waals surface area contributed by atoms with Gasteiger partial charge in [0.1, 0.15) is 17.0 Å². The van der Waals surface area contributed by atoms with E-state index in [-0.39, 0.29) is 0 Å². The number of aryl methyl sites for hydroxylation is 1. The maximum absolute atomic E-state index is 5.82. The van der Waals surface area contributed by atoms with Gasteiger partial charge in [-0.2, -0.15) is 4.98 Å². The van der Waals surface area contributed by atoms with E-state index in [9.17, 15) is 0 Å². The van der Waals surface area contributed by atoms with Crippen molar-refractivity contribution in [2.45, 2.75) is 13.5 Å². The lowest BCUT2D eigenvalue weighted by atomic mass is 10.3. The third-order valence-electron chi connectivity index (χ3n) is 3.26. The monoisotopic (exact) mass is 286 g/mol. The molecule has 0 fully saturated rings. The summed E-state index contributed by atoms with van der Waals surface area (Å²) in [5, 5.41) is 0. The second-order valence-corrected chi connectivity index (χ2v) is 4.89. The zero-order valence-corrected chi connectivity index (χ0v) is 12.2. The predicted molar refractivity (Wildman–Crippen MR) is 80.4 cm³/mol. The minimum absolute atomic E-state index is 0.585. The van der Waals surface area contributed by atoms with Gasteiger partial charge in [0.05, 0.1) is 13.2 Å². The van der Waals surface area contributed by atoms with Crippen LogP contribution in [0.15, 0.2) is 45.2 Å². The van der Waals surface area contributed by atoms with Crippen molar-refractivity contribution in [2.75, 3.05) is 25.2 Å². The molecule has 0 aliphatic carbocycles. The van der Waals surface area contributed by atoms with E-state index in [0.29, 0.717) is 25.7 Å². The predicted octanol–water partition coefficient (Wildman–Crippen LogP) is 3.38. The molecule has 2 heterocycles. The van der Waals surface area contributed by atoms with E-state index in [1.54, 1.807) is 7.11 Å². The number of methoxy groups -OCH3 is 1. The maximum atomic E-state index is 5.82. The summed E-state index contributed by atoms with van der Waals surface area (Å²) in [7, 11) is 1.68. The highest BCUT2D eigenvalue weighted by molar-refractivity contribution is 5.74. The zero-order chi connectivity index (χ0) is 14.7. The fraction of sp³-hybridized carbons (Fsp3) is 0.312. The first-order valence-electron chi connectivity index (χ1n) is 6.91. The number of nitrogens with zero attached hydrogens (tertiary/aromatic N) is 2. The standard InChI is InChI=1S/C16H18N2O3/c1-12-7-8-13(20-12)11-18(9-10-19-2)16-17-14-5-3-4-6-15(14)21-16/h3-8H,9-11H2,1-2H3. The molecule has 3 rings (SSSR count). The van der Waals surface area contributed by atoms with Crippen molar-refractivity contribution in [1.82, 2.24) is 4.98 Å². The third-order valence-corrected chi connectivity index (χ3v) is 3.26. The summed E-state index contributed by atoms with van der Waals surface area (Å²) in [5.74, 6) is 1.78. The van der Waals surface area contributed by atoms with Crippen LogP contribution in [-0.2, 0) is 11.3 Å². The van der Waals surface area contributed by atoms with E-state index < -0.39 is 0 Å². The van der Waals surface area contributed by atoms with Gasteiger partial charge in [0, 0.05) is 13.7 Å². The van der Waals surface area contributed by atoms with Crippen LogP contribution in [0.25, 0.3) is 11.1 Å². The number of oxazole rings is 1. The van der Waals surface area contributed by atoms with Crippen LogP contribution in [0, 0.1) is 6.92 Å². The Hall–Kier alpha value is -2.27. The Morgan fingerprint density at radius 2 is 2.00 bits per heavy atom. The fourth-order valence-corrected chi connectivity index (χ4v) is 2.20. The van der Waals surface area contributed by atoms with Gasteiger partial charge in [-0.05, 0) is 31.2 Å². The first-order valence-corrected chi connectivity index (χ1v) is 6.91. The Morgan fingerprint density at radius 1 is 1.14 bits per heavy atom. The molecular formula is C16H18N2O3. The molecule has 1 aromatic carbocycles. The molecule has 2 aromatic heterocycles. The van der Waals surface area contributed by atoms with Crippen molar-refractivity contribution >= 4 is 17.1 Å². The molecule has 0 unspecified atom stereocenters. The Labute approximate surface area is 123 Å². The number of anilines is 1. The van der Waals surface area contributed by atoms with Gasteiger partial charge in [-0.3, -0.25) is 0 Å². The molecule has 0 saturated carbocycles. The van der Waals surface area contributed by atoms with Gasteiger partial charge in [0.25, 0.3) is 6.01 Å². The third kappa shape index (κ3) is 3.08. The molecule has 5 nitrogen and oxygen atoms in total. The van der Waals surface area contributed by atoms with Gasteiger partial charge in [-0.1, -0.05) is 12.1 Å². The van der Waals surface area contributed by atoms with Gasteiger partial charge >= 0.3 is 0 Å². The number of benzene rings is 1. The van der Waals surface area contributed by atoms with Crippen LogP contribution in [0.3, 0.4) is 0 Å². The number of aromatic nitrogens is 1. The van der Waals surface area contributed by atoms with Crippen LogP contribution >= 0.6 is 0 Å². The molecule has 0 aliphatic rings. The van der Waals surface area contributed by atoms with Gasteiger partial charge in [0.15, 0.2) is 5.58 Å². The van der Waals surface area contributed by atoms with E-state index in [2.05, 4.69) is 4.98 Å². The Bertz CT molecular complexity index is 684. The van der Waals surface area contributed by atoms with Crippen molar-refractivity contribution in [3.05, 3.63) is 47.9 Å². The van der Waals surface area contributed by atoms with Crippen molar-refractivity contribution in [3.8, 4) is 0 Å². The van der Waals surface area contributed by atoms with Crippen LogP contribution in [0.5, 0.6) is 0 Å². The van der Waals surface area contributed by atoms with E-state index in [1.165, 1.54) is 0 Å². The first-order chi connectivity index (χ1) is 10.3. The largest absolute Gasteiger partial charge is 0.464 e. The Kier molecular flexibility index (Phi) is 3.92. The van der Waals surface area contributed by atoms with E-state index in [0.717, 1.165) is 22.6 Å². The summed E-state index contributed by atoms with van der Waals surface area (Å²) in [6, 6.07) is 12.2. The molecule has 0 amide bonds. The second-order valence-electron chi connectivity index (χ2n) is 4.89. The average molecular weight is 286 g/mol. The van der Waals surface area contributed by atoms with Crippen LogP contribution in [0.1, 0.15) is 11.5 Å². The minimum Gasteiger partial charge on any atom is -0.464 e. The number of hydrogen-bond acceptors (Lipinski definition) is 5. The number of hydrogen-bond donors (Lipinski definition) is 0. The smallest absolute Gasteiger partial charge is 0.298 e. The molecule has 0 radical (unpaired) electrons. The Balaban J connectivity index is 1.86. The summed E-state index contributed by atoms with van der Waals surface area (Å²) in [4.78, 5) is 6.55. The summed E-state index contributed by atoms with van der Waals surface area (Å²) in [5.41, 5.74) is 1.64. The van der Waals surface area contributed by atoms with Crippen LogP contribution in [0.2, 0.25) is 0 Å². The highest BCUT2D eigenvalue weighted by Crippen LogP contribution is 2.23. The molecule has 3 aromatic rings. The summed E-state index contributed by atoms with van der Waals surface area (Å²) < 4.78 is 16.6. The first kappa shape index (κ1) is 13.7. The molecule has 0 atom stereocenters. The molecule has 5 heteroatoms. The number of fused-ring (bicyclic) bond motifs is 1. The lowest BCUT2D eigenvalue weighted by Crippen LogP contribution is -2.26. The number of rotatable bonds is 6. The SMILES string of the molecule is COCCN(Cc1ccc(C)o1)c1nc2ccccc2o1. The highest BCUT2D eigenvalue weighted by Gasteiger charge is 2.15. The van der Waals surface area contributed by atoms with Gasteiger partial charge in [-0.25, -0.2) is 0 Å². The van der Waals surface area contributed by atoms with Gasteiger partial charge in [-0.15, -0.1) is 0 Å². The second kappa shape index (κ2) is 6.01. The van der Waals surface area contributed by atoms with Gasteiger partial charge in [0.2, 0.25) is 0 Å². The minimum atomic E-state index is 0.585. The molecule has 0 N–H and O–H groups in total. The van der Waals surface area contributed by atoms with E-state index in [1.807, 2.05) is 48.2 Å². The lowest BCUT2D eigenvalue weighted by Gasteiger charge is -2.18. The molecule has 0 bridgehead atoms. The number of furan rings is 1. The molecule has 0 saturated heterocycles. The van der Waals surface area contributed by atoms with E-state index >= 15 is 0 Å². The van der Waals surface area contributed by atoms with Crippen molar-refractivity contribution < 1.29 is 13.6 Å². The molecule has 0 aliphatic heterocycles. The Morgan fingerprint density at radius 3 is 2.71 bits per heavy atom. The zero-order valence-electron chi connectivity index (χ0n) is 12.2. The summed E-state index contributed by atoms with van der Waals surface area (Å²) in [6.07, 6.45) is 0. The van der Waals surface area contributed by atoms with Crippen molar-refractivity contribution in [2.24, 2.45) is 0 Å². The average Bonchev–Trinajstić information content (AvgIpc) is 3.09. The molecule has 110 valence electrons. The summed E-state index contributed by atoms with van der Waals surface area (Å²) >= 11 is 0. The fourth-order valence-electron chi connectivity index (χ4n) is 2.20. The van der Waals surface area contributed by atoms with E-state index in [4.69, 9.17) is 13.6 Å². The molecule has 0 spiro atoms. The van der Waals surface area contributed by atoms with Gasteiger partial charge < -0.3 is 18.5 Å². The number of ether oxygens (including phenoxy) is 1. The lowest BCUT2D eigenvalue weighted by molar-refractivity contribution is 0.203. The van der Waals surface area contributed by atoms with Crippen molar-refractivity contribution in [3.63, 3.8) is 0 Å². The van der Waals surface area contributed by atoms with Crippen molar-refractivity contribution in [1.29, 1.82) is 0 Å². The molecule has 21 heavy (non-hydrogen) atoms. The number of para-hydroxylation sites is 2.